The maximum absolute atomic E-state index is 13.2. The van der Waals surface area contributed by atoms with Crippen LogP contribution in [0.15, 0.2) is 36.0 Å². The SMILES string of the molecule is CN1C[C@@H](NC(=O)c2cccs2)CC[C@@H](C(=O)N2CCN(c3ncccn3)CC2)C1. The van der Waals surface area contributed by atoms with Gasteiger partial charge in [-0.2, -0.15) is 0 Å². The van der Waals surface area contributed by atoms with Crippen LogP contribution in [0, 0.1) is 5.92 Å². The van der Waals surface area contributed by atoms with Crippen molar-refractivity contribution in [2.24, 2.45) is 5.92 Å². The predicted molar refractivity (Wildman–Crippen MR) is 117 cm³/mol. The fraction of sp³-hybridized carbons (Fsp3) is 0.524. The number of likely N-dealkylation sites (tertiary alicyclic amines) is 1. The van der Waals surface area contributed by atoms with Gasteiger partial charge in [-0.3, -0.25) is 9.59 Å². The number of hydrogen-bond acceptors (Lipinski definition) is 7. The molecule has 2 saturated heterocycles. The van der Waals surface area contributed by atoms with Crippen LogP contribution in [0.25, 0.3) is 0 Å². The highest BCUT2D eigenvalue weighted by atomic mass is 32.1. The topological polar surface area (TPSA) is 81.7 Å². The van der Waals surface area contributed by atoms with Gasteiger partial charge in [-0.25, -0.2) is 9.97 Å². The number of piperazine rings is 1. The van der Waals surface area contributed by atoms with Crippen molar-refractivity contribution in [3.63, 3.8) is 0 Å². The maximum atomic E-state index is 13.2. The van der Waals surface area contributed by atoms with Gasteiger partial charge in [0.25, 0.3) is 5.91 Å². The molecule has 8 nitrogen and oxygen atoms in total. The van der Waals surface area contributed by atoms with Crippen molar-refractivity contribution >= 4 is 29.1 Å². The number of likely N-dealkylation sites (N-methyl/N-ethyl adjacent to an activating group) is 1. The molecule has 2 aliphatic heterocycles. The number of nitrogens with zero attached hydrogens (tertiary/aromatic N) is 5. The molecule has 2 fully saturated rings. The number of aromatic nitrogens is 2. The average molecular weight is 429 g/mol. The number of carbonyl (C=O) groups is 2. The third kappa shape index (κ3) is 4.96. The van der Waals surface area contributed by atoms with Crippen molar-refractivity contribution in [1.82, 2.24) is 25.1 Å². The Labute approximate surface area is 180 Å². The minimum atomic E-state index is -0.0295. The molecule has 1 N–H and O–H groups in total. The lowest BCUT2D eigenvalue weighted by atomic mass is 10.00. The van der Waals surface area contributed by atoms with Crippen LogP contribution in [0.1, 0.15) is 22.5 Å². The standard InChI is InChI=1S/C21H28N6O2S/c1-25-14-16(5-6-17(15-25)24-19(28)18-4-2-13-30-18)20(29)26-9-11-27(12-10-26)21-22-7-3-8-23-21/h2-4,7-8,13,16-17H,5-6,9-12,14-15H2,1H3,(H,24,28)/t16-,17+/m1/s1. The highest BCUT2D eigenvalue weighted by Gasteiger charge is 2.32. The zero-order chi connectivity index (χ0) is 20.9. The first-order chi connectivity index (χ1) is 14.6. The van der Waals surface area contributed by atoms with Crippen LogP contribution in [0.2, 0.25) is 0 Å². The van der Waals surface area contributed by atoms with E-state index in [0.29, 0.717) is 13.1 Å². The second-order valence-corrected chi connectivity index (χ2v) is 8.95. The van der Waals surface area contributed by atoms with Gasteiger partial charge in [0.1, 0.15) is 0 Å². The third-order valence-corrected chi connectivity index (χ3v) is 6.65. The minimum Gasteiger partial charge on any atom is -0.347 e. The van der Waals surface area contributed by atoms with Gasteiger partial charge in [-0.1, -0.05) is 6.07 Å². The van der Waals surface area contributed by atoms with Gasteiger partial charge in [0.05, 0.1) is 10.8 Å². The van der Waals surface area contributed by atoms with E-state index in [9.17, 15) is 9.59 Å². The molecular formula is C21H28N6O2S. The number of hydrogen-bond donors (Lipinski definition) is 1. The summed E-state index contributed by atoms with van der Waals surface area (Å²) in [6, 6.07) is 5.60. The molecule has 2 aromatic heterocycles. The van der Waals surface area contributed by atoms with Crippen molar-refractivity contribution in [1.29, 1.82) is 0 Å². The van der Waals surface area contributed by atoms with Crippen LogP contribution in [0.3, 0.4) is 0 Å². The smallest absolute Gasteiger partial charge is 0.261 e. The number of carbonyl (C=O) groups excluding carboxylic acids is 2. The summed E-state index contributed by atoms with van der Waals surface area (Å²) in [6.07, 6.45) is 5.10. The van der Waals surface area contributed by atoms with Gasteiger partial charge in [0, 0.05) is 57.7 Å². The summed E-state index contributed by atoms with van der Waals surface area (Å²) in [5.41, 5.74) is 0. The highest BCUT2D eigenvalue weighted by Crippen LogP contribution is 2.21. The van der Waals surface area contributed by atoms with Crippen LogP contribution in [0.4, 0.5) is 5.95 Å². The Morgan fingerprint density at radius 1 is 1.07 bits per heavy atom. The van der Waals surface area contributed by atoms with E-state index in [1.165, 1.54) is 11.3 Å². The molecule has 0 radical (unpaired) electrons. The maximum Gasteiger partial charge on any atom is 0.261 e. The highest BCUT2D eigenvalue weighted by molar-refractivity contribution is 7.12. The van der Waals surface area contributed by atoms with Crippen LogP contribution in [0.5, 0.6) is 0 Å². The van der Waals surface area contributed by atoms with Crippen molar-refractivity contribution in [2.45, 2.75) is 18.9 Å². The summed E-state index contributed by atoms with van der Waals surface area (Å²) in [5.74, 6) is 0.898. The summed E-state index contributed by atoms with van der Waals surface area (Å²) in [7, 11) is 2.03. The normalized spacial score (nSPS) is 23.1. The van der Waals surface area contributed by atoms with E-state index in [1.807, 2.05) is 35.5 Å². The Kier molecular flexibility index (Phi) is 6.59. The molecule has 160 valence electrons. The van der Waals surface area contributed by atoms with Gasteiger partial charge in [0.15, 0.2) is 0 Å². The van der Waals surface area contributed by atoms with E-state index in [1.54, 1.807) is 12.4 Å². The van der Waals surface area contributed by atoms with Crippen molar-refractivity contribution in [3.05, 3.63) is 40.8 Å². The summed E-state index contributed by atoms with van der Waals surface area (Å²) >= 11 is 1.45. The molecule has 2 aliphatic rings. The minimum absolute atomic E-state index is 0.0209. The quantitative estimate of drug-likeness (QED) is 0.791. The first-order valence-electron chi connectivity index (χ1n) is 10.4. The largest absolute Gasteiger partial charge is 0.347 e. The fourth-order valence-corrected chi connectivity index (χ4v) is 4.86. The lowest BCUT2D eigenvalue weighted by molar-refractivity contribution is -0.136. The molecule has 2 atom stereocenters. The van der Waals surface area contributed by atoms with Gasteiger partial charge in [-0.05, 0) is 37.4 Å². The molecule has 0 bridgehead atoms. The molecular weight excluding hydrogens is 400 g/mol. The van der Waals surface area contributed by atoms with Gasteiger partial charge in [0.2, 0.25) is 11.9 Å². The third-order valence-electron chi connectivity index (χ3n) is 5.78. The Balaban J connectivity index is 1.30. The molecule has 4 heterocycles. The van der Waals surface area contributed by atoms with Gasteiger partial charge in [-0.15, -0.1) is 11.3 Å². The van der Waals surface area contributed by atoms with Crippen LogP contribution >= 0.6 is 11.3 Å². The number of thiophene rings is 1. The monoisotopic (exact) mass is 428 g/mol. The van der Waals surface area contributed by atoms with Gasteiger partial charge >= 0.3 is 0 Å². The van der Waals surface area contributed by atoms with Crippen LogP contribution < -0.4 is 10.2 Å². The van der Waals surface area contributed by atoms with E-state index in [0.717, 1.165) is 49.8 Å². The second kappa shape index (κ2) is 9.53. The Hall–Kier alpha value is -2.52. The number of amides is 2. The summed E-state index contributed by atoms with van der Waals surface area (Å²) in [6.45, 7) is 4.37. The second-order valence-electron chi connectivity index (χ2n) is 8.00. The molecule has 0 unspecified atom stereocenters. The van der Waals surface area contributed by atoms with Crippen molar-refractivity contribution in [2.75, 3.05) is 51.2 Å². The molecule has 30 heavy (non-hydrogen) atoms. The van der Waals surface area contributed by atoms with E-state index in [2.05, 4.69) is 25.1 Å². The Morgan fingerprint density at radius 2 is 1.83 bits per heavy atom. The molecule has 0 spiro atoms. The summed E-state index contributed by atoms with van der Waals surface area (Å²) in [4.78, 5) is 41.2. The number of anilines is 1. The molecule has 0 saturated carbocycles. The number of rotatable bonds is 4. The molecule has 0 aromatic carbocycles. The zero-order valence-electron chi connectivity index (χ0n) is 17.2. The van der Waals surface area contributed by atoms with Crippen molar-refractivity contribution < 1.29 is 9.59 Å². The van der Waals surface area contributed by atoms with E-state index < -0.39 is 0 Å². The summed E-state index contributed by atoms with van der Waals surface area (Å²) < 4.78 is 0. The number of nitrogens with one attached hydrogen (secondary N) is 1. The fourth-order valence-electron chi connectivity index (χ4n) is 4.24. The predicted octanol–water partition coefficient (Wildman–Crippen LogP) is 1.33. The first kappa shape index (κ1) is 20.7. The van der Waals surface area contributed by atoms with E-state index >= 15 is 0 Å². The lowest BCUT2D eigenvalue weighted by Crippen LogP contribution is -2.51. The Bertz CT molecular complexity index is 838. The summed E-state index contributed by atoms with van der Waals surface area (Å²) in [5, 5.41) is 5.05. The lowest BCUT2D eigenvalue weighted by Gasteiger charge is -2.36. The first-order valence-corrected chi connectivity index (χ1v) is 11.3. The molecule has 2 amide bonds. The van der Waals surface area contributed by atoms with Crippen molar-refractivity contribution in [3.8, 4) is 0 Å². The molecule has 2 aromatic rings. The molecule has 4 rings (SSSR count). The van der Waals surface area contributed by atoms with Crippen LogP contribution in [-0.4, -0.2) is 83.9 Å². The molecule has 0 aliphatic carbocycles. The van der Waals surface area contributed by atoms with Gasteiger partial charge < -0.3 is 20.0 Å². The van der Waals surface area contributed by atoms with E-state index in [4.69, 9.17) is 0 Å². The van der Waals surface area contributed by atoms with Crippen LogP contribution in [-0.2, 0) is 4.79 Å². The van der Waals surface area contributed by atoms with E-state index in [-0.39, 0.29) is 23.8 Å². The molecule has 9 heteroatoms. The average Bonchev–Trinajstić information content (AvgIpc) is 3.25. The zero-order valence-corrected chi connectivity index (χ0v) is 18.1. The Morgan fingerprint density at radius 3 is 2.53 bits per heavy atom.